The SMILES string of the molecule is Cc1nc2c(c(C)c1CC(=O)N(CC(C)O)C(C)C)c(=O)[nH]n2C. The maximum absolute atomic E-state index is 12.7. The molecule has 0 saturated heterocycles. The van der Waals surface area contributed by atoms with Crippen LogP contribution in [0.5, 0.6) is 0 Å². The molecular weight excluding hydrogens is 308 g/mol. The minimum absolute atomic E-state index is 0.00969. The van der Waals surface area contributed by atoms with E-state index in [-0.39, 0.29) is 30.5 Å². The summed E-state index contributed by atoms with van der Waals surface area (Å²) in [6, 6.07) is -0.00969. The van der Waals surface area contributed by atoms with E-state index in [9.17, 15) is 14.7 Å². The molecule has 7 heteroatoms. The summed E-state index contributed by atoms with van der Waals surface area (Å²) in [6.07, 6.45) is -0.420. The van der Waals surface area contributed by atoms with Gasteiger partial charge in [-0.25, -0.2) is 4.98 Å². The molecule has 7 nitrogen and oxygen atoms in total. The van der Waals surface area contributed by atoms with E-state index in [0.717, 1.165) is 16.8 Å². The molecule has 0 saturated carbocycles. The smallest absolute Gasteiger partial charge is 0.273 e. The molecule has 1 amide bonds. The van der Waals surface area contributed by atoms with Gasteiger partial charge in [0.25, 0.3) is 5.56 Å². The first-order valence-corrected chi connectivity index (χ1v) is 8.15. The molecule has 132 valence electrons. The zero-order valence-electron chi connectivity index (χ0n) is 15.2. The predicted molar refractivity (Wildman–Crippen MR) is 93.0 cm³/mol. The van der Waals surface area contributed by atoms with E-state index in [1.165, 1.54) is 0 Å². The quantitative estimate of drug-likeness (QED) is 0.855. The first-order chi connectivity index (χ1) is 11.1. The maximum Gasteiger partial charge on any atom is 0.273 e. The average Bonchev–Trinajstić information content (AvgIpc) is 2.74. The van der Waals surface area contributed by atoms with Crippen molar-refractivity contribution >= 4 is 16.9 Å². The number of H-pyrrole nitrogens is 1. The number of aryl methyl sites for hydroxylation is 3. The number of nitrogens with one attached hydrogen (secondary N) is 1. The predicted octanol–water partition coefficient (Wildman–Crippen LogP) is 1.04. The lowest BCUT2D eigenvalue weighted by Gasteiger charge is -2.28. The second kappa shape index (κ2) is 6.76. The van der Waals surface area contributed by atoms with Gasteiger partial charge in [0.2, 0.25) is 5.91 Å². The van der Waals surface area contributed by atoms with Gasteiger partial charge in [0.05, 0.1) is 17.9 Å². The van der Waals surface area contributed by atoms with Crippen LogP contribution in [0.3, 0.4) is 0 Å². The number of aliphatic hydroxyl groups excluding tert-OH is 1. The van der Waals surface area contributed by atoms with E-state index in [4.69, 9.17) is 0 Å². The van der Waals surface area contributed by atoms with E-state index >= 15 is 0 Å². The minimum Gasteiger partial charge on any atom is -0.392 e. The highest BCUT2D eigenvalue weighted by Gasteiger charge is 2.22. The van der Waals surface area contributed by atoms with Crippen molar-refractivity contribution in [2.45, 2.75) is 53.2 Å². The van der Waals surface area contributed by atoms with Crippen molar-refractivity contribution in [3.8, 4) is 0 Å². The second-order valence-corrected chi connectivity index (χ2v) is 6.66. The molecule has 24 heavy (non-hydrogen) atoms. The molecule has 0 fully saturated rings. The van der Waals surface area contributed by atoms with Crippen molar-refractivity contribution in [3.63, 3.8) is 0 Å². The number of hydrogen-bond acceptors (Lipinski definition) is 4. The molecule has 0 aliphatic carbocycles. The molecule has 0 aliphatic rings. The Labute approximate surface area is 141 Å². The Morgan fingerprint density at radius 2 is 1.96 bits per heavy atom. The van der Waals surface area contributed by atoms with Crippen LogP contribution >= 0.6 is 0 Å². The molecular formula is C17H26N4O3. The third kappa shape index (κ3) is 3.36. The van der Waals surface area contributed by atoms with Crippen molar-refractivity contribution in [1.82, 2.24) is 19.7 Å². The van der Waals surface area contributed by atoms with Gasteiger partial charge in [-0.05, 0) is 45.7 Å². The van der Waals surface area contributed by atoms with Gasteiger partial charge in [0.1, 0.15) is 0 Å². The normalized spacial score (nSPS) is 12.8. The van der Waals surface area contributed by atoms with Crippen molar-refractivity contribution < 1.29 is 9.90 Å². The lowest BCUT2D eigenvalue weighted by Crippen LogP contribution is -2.42. The number of hydrogen-bond donors (Lipinski definition) is 2. The van der Waals surface area contributed by atoms with Crippen LogP contribution in [-0.4, -0.2) is 49.4 Å². The van der Waals surface area contributed by atoms with Gasteiger partial charge in [-0.2, -0.15) is 0 Å². The number of aromatic amines is 1. The van der Waals surface area contributed by atoms with Crippen LogP contribution in [-0.2, 0) is 18.3 Å². The van der Waals surface area contributed by atoms with Crippen LogP contribution in [0.1, 0.15) is 37.6 Å². The fourth-order valence-electron chi connectivity index (χ4n) is 3.05. The van der Waals surface area contributed by atoms with Gasteiger partial charge >= 0.3 is 0 Å². The molecule has 2 heterocycles. The number of carbonyl (C=O) groups excluding carboxylic acids is 1. The highest BCUT2D eigenvalue weighted by Crippen LogP contribution is 2.21. The van der Waals surface area contributed by atoms with Crippen LogP contribution < -0.4 is 5.56 Å². The number of aromatic nitrogens is 3. The summed E-state index contributed by atoms with van der Waals surface area (Å²) >= 11 is 0. The van der Waals surface area contributed by atoms with E-state index in [1.807, 2.05) is 27.7 Å². The Hall–Kier alpha value is -2.15. The largest absolute Gasteiger partial charge is 0.392 e. The van der Waals surface area contributed by atoms with Crippen LogP contribution in [0.25, 0.3) is 11.0 Å². The van der Waals surface area contributed by atoms with Gasteiger partial charge in [0.15, 0.2) is 5.65 Å². The third-order valence-electron chi connectivity index (χ3n) is 4.31. The number of nitrogens with zero attached hydrogens (tertiary/aromatic N) is 3. The minimum atomic E-state index is -0.587. The molecule has 0 radical (unpaired) electrons. The average molecular weight is 334 g/mol. The molecule has 0 aliphatic heterocycles. The first kappa shape index (κ1) is 18.2. The Kier molecular flexibility index (Phi) is 5.13. The topological polar surface area (TPSA) is 91.2 Å². The number of fused-ring (bicyclic) bond motifs is 1. The lowest BCUT2D eigenvalue weighted by atomic mass is 10.0. The van der Waals surface area contributed by atoms with E-state index < -0.39 is 6.10 Å². The number of carbonyl (C=O) groups is 1. The monoisotopic (exact) mass is 334 g/mol. The number of rotatable bonds is 5. The molecule has 0 bridgehead atoms. The summed E-state index contributed by atoms with van der Waals surface area (Å²) < 4.78 is 1.59. The second-order valence-electron chi connectivity index (χ2n) is 6.66. The van der Waals surface area contributed by atoms with Gasteiger partial charge in [-0.1, -0.05) is 0 Å². The number of pyridine rings is 1. The standard InChI is InChI=1S/C17H26N4O3/c1-9(2)21(8-10(3)22)14(23)7-13-11(4)15-16(18-12(13)5)20(6)19-17(15)24/h9-10,22H,7-8H2,1-6H3,(H,19,24). The zero-order valence-corrected chi connectivity index (χ0v) is 15.2. The summed E-state index contributed by atoms with van der Waals surface area (Å²) in [7, 11) is 1.74. The van der Waals surface area contributed by atoms with Crippen LogP contribution in [0.2, 0.25) is 0 Å². The molecule has 2 N–H and O–H groups in total. The zero-order chi connectivity index (χ0) is 18.2. The van der Waals surface area contributed by atoms with Gasteiger partial charge in [-0.3, -0.25) is 19.4 Å². The van der Waals surface area contributed by atoms with Crippen LogP contribution in [0.4, 0.5) is 0 Å². The molecule has 1 unspecified atom stereocenters. The Morgan fingerprint density at radius 3 is 2.50 bits per heavy atom. The van der Waals surface area contributed by atoms with Crippen molar-refractivity contribution in [2.24, 2.45) is 7.05 Å². The van der Waals surface area contributed by atoms with Crippen molar-refractivity contribution in [2.75, 3.05) is 6.54 Å². The fraction of sp³-hybridized carbons (Fsp3) is 0.588. The van der Waals surface area contributed by atoms with Crippen molar-refractivity contribution in [3.05, 3.63) is 27.2 Å². The van der Waals surface area contributed by atoms with Gasteiger partial charge in [0, 0.05) is 25.3 Å². The molecule has 2 aromatic heterocycles. The highest BCUT2D eigenvalue weighted by atomic mass is 16.3. The summed E-state index contributed by atoms with van der Waals surface area (Å²) in [5.41, 5.74) is 2.70. The Bertz CT molecular complexity index is 817. The van der Waals surface area contributed by atoms with E-state index in [1.54, 1.807) is 23.6 Å². The maximum atomic E-state index is 12.7. The lowest BCUT2D eigenvalue weighted by molar-refractivity contribution is -0.133. The van der Waals surface area contributed by atoms with Gasteiger partial charge < -0.3 is 10.0 Å². The molecule has 0 aromatic carbocycles. The van der Waals surface area contributed by atoms with Gasteiger partial charge in [-0.15, -0.1) is 0 Å². The molecule has 2 aromatic rings. The van der Waals surface area contributed by atoms with E-state index in [0.29, 0.717) is 11.0 Å². The number of amides is 1. The summed E-state index contributed by atoms with van der Waals surface area (Å²) in [6.45, 7) is 9.49. The summed E-state index contributed by atoms with van der Waals surface area (Å²) in [5, 5.41) is 12.8. The first-order valence-electron chi connectivity index (χ1n) is 8.15. The number of aliphatic hydroxyl groups is 1. The molecule has 1 atom stereocenters. The summed E-state index contributed by atoms with van der Waals surface area (Å²) in [4.78, 5) is 31.0. The molecule has 2 rings (SSSR count). The summed E-state index contributed by atoms with van der Waals surface area (Å²) in [5.74, 6) is -0.0781. The Balaban J connectivity index is 2.44. The third-order valence-corrected chi connectivity index (χ3v) is 4.31. The highest BCUT2D eigenvalue weighted by molar-refractivity contribution is 5.84. The molecule has 0 spiro atoms. The Morgan fingerprint density at radius 1 is 1.33 bits per heavy atom. The fourth-order valence-corrected chi connectivity index (χ4v) is 3.05. The van der Waals surface area contributed by atoms with Crippen molar-refractivity contribution in [1.29, 1.82) is 0 Å². The van der Waals surface area contributed by atoms with Crippen LogP contribution in [0, 0.1) is 13.8 Å². The van der Waals surface area contributed by atoms with E-state index in [2.05, 4.69) is 10.1 Å². The van der Waals surface area contributed by atoms with Crippen LogP contribution in [0.15, 0.2) is 4.79 Å².